The van der Waals surface area contributed by atoms with Crippen LogP contribution in [-0.4, -0.2) is 65.4 Å². The number of anilines is 1. The number of hydrogen-bond donors (Lipinski definition) is 1. The molecule has 1 N–H and O–H groups in total. The molecule has 4 rings (SSSR count). The van der Waals surface area contributed by atoms with Crippen LogP contribution in [0.4, 0.5) is 5.82 Å². The molecule has 0 atom stereocenters. The molecule has 1 aliphatic rings. The SMILES string of the molecule is CC(=O)N1CCN(S(=O)(=O)c2cccc(C(=O)Nc3ccn(-c4ccccc4)n3)c2)CC1. The van der Waals surface area contributed by atoms with Crippen LogP contribution in [0.5, 0.6) is 0 Å². The third-order valence-electron chi connectivity index (χ3n) is 5.27. The molecule has 0 bridgehead atoms. The summed E-state index contributed by atoms with van der Waals surface area (Å²) in [4.78, 5) is 25.9. The fourth-order valence-electron chi connectivity index (χ4n) is 3.49. The standard InChI is InChI=1S/C22H23N5O4S/c1-17(28)25-12-14-26(15-13-25)32(30,31)20-9-5-6-18(16-20)22(29)23-21-10-11-27(24-21)19-7-3-2-4-8-19/h2-11,16H,12-15H2,1H3,(H,23,24,29). The minimum atomic E-state index is -3.78. The van der Waals surface area contributed by atoms with E-state index in [1.165, 1.54) is 29.4 Å². The maximum atomic E-state index is 13.0. The van der Waals surface area contributed by atoms with E-state index in [4.69, 9.17) is 0 Å². The largest absolute Gasteiger partial charge is 0.340 e. The second-order valence-electron chi connectivity index (χ2n) is 7.37. The van der Waals surface area contributed by atoms with Gasteiger partial charge in [0.05, 0.1) is 10.6 Å². The number of amides is 2. The fourth-order valence-corrected chi connectivity index (χ4v) is 4.96. The number of carbonyl (C=O) groups is 2. The van der Waals surface area contributed by atoms with Gasteiger partial charge in [-0.05, 0) is 30.3 Å². The van der Waals surface area contributed by atoms with E-state index in [1.54, 1.807) is 27.9 Å². The van der Waals surface area contributed by atoms with E-state index in [2.05, 4.69) is 10.4 Å². The minimum Gasteiger partial charge on any atom is -0.340 e. The van der Waals surface area contributed by atoms with Crippen LogP contribution in [0.1, 0.15) is 17.3 Å². The van der Waals surface area contributed by atoms with Gasteiger partial charge in [-0.25, -0.2) is 13.1 Å². The summed E-state index contributed by atoms with van der Waals surface area (Å²) in [5.74, 6) is -0.176. The third-order valence-corrected chi connectivity index (χ3v) is 7.16. The molecule has 1 saturated heterocycles. The molecule has 2 amide bonds. The van der Waals surface area contributed by atoms with Crippen LogP contribution in [0.2, 0.25) is 0 Å². The zero-order valence-electron chi connectivity index (χ0n) is 17.5. The second-order valence-corrected chi connectivity index (χ2v) is 9.31. The second kappa shape index (κ2) is 8.93. The highest BCUT2D eigenvalue weighted by molar-refractivity contribution is 7.89. The Morgan fingerprint density at radius 1 is 0.938 bits per heavy atom. The fraction of sp³-hybridized carbons (Fsp3) is 0.227. The van der Waals surface area contributed by atoms with Gasteiger partial charge in [-0.2, -0.15) is 9.40 Å². The Balaban J connectivity index is 1.47. The quantitative estimate of drug-likeness (QED) is 0.636. The van der Waals surface area contributed by atoms with Crippen molar-refractivity contribution in [3.8, 4) is 5.69 Å². The zero-order chi connectivity index (χ0) is 22.7. The zero-order valence-corrected chi connectivity index (χ0v) is 18.3. The normalized spacial score (nSPS) is 14.8. The molecule has 0 unspecified atom stereocenters. The molecule has 2 heterocycles. The van der Waals surface area contributed by atoms with Crippen LogP contribution < -0.4 is 5.32 Å². The van der Waals surface area contributed by atoms with E-state index in [9.17, 15) is 18.0 Å². The van der Waals surface area contributed by atoms with Crippen LogP contribution in [0.25, 0.3) is 5.69 Å². The Morgan fingerprint density at radius 2 is 1.66 bits per heavy atom. The molecule has 1 aliphatic heterocycles. The lowest BCUT2D eigenvalue weighted by atomic mass is 10.2. The summed E-state index contributed by atoms with van der Waals surface area (Å²) in [5, 5.41) is 7.04. The minimum absolute atomic E-state index is 0.0382. The molecule has 3 aromatic rings. The predicted octanol–water partition coefficient (Wildman–Crippen LogP) is 1.98. The topological polar surface area (TPSA) is 105 Å². The first-order chi connectivity index (χ1) is 15.3. The summed E-state index contributed by atoms with van der Waals surface area (Å²) in [6.07, 6.45) is 1.73. The van der Waals surface area contributed by atoms with Crippen molar-refractivity contribution in [1.82, 2.24) is 19.0 Å². The monoisotopic (exact) mass is 453 g/mol. The summed E-state index contributed by atoms with van der Waals surface area (Å²) in [5.41, 5.74) is 1.06. The van der Waals surface area contributed by atoms with Gasteiger partial charge in [0.1, 0.15) is 0 Å². The Labute approximate surface area is 186 Å². The summed E-state index contributed by atoms with van der Waals surface area (Å²) in [6.45, 7) is 2.59. The van der Waals surface area contributed by atoms with Gasteiger partial charge in [0.2, 0.25) is 15.9 Å². The smallest absolute Gasteiger partial charge is 0.256 e. The van der Waals surface area contributed by atoms with Gasteiger partial charge in [-0.1, -0.05) is 24.3 Å². The van der Waals surface area contributed by atoms with Crippen molar-refractivity contribution in [2.45, 2.75) is 11.8 Å². The summed E-state index contributed by atoms with van der Waals surface area (Å²) in [7, 11) is -3.78. The lowest BCUT2D eigenvalue weighted by Crippen LogP contribution is -2.49. The molecule has 0 aliphatic carbocycles. The van der Waals surface area contributed by atoms with Crippen molar-refractivity contribution in [2.75, 3.05) is 31.5 Å². The maximum absolute atomic E-state index is 13.0. The molecule has 0 radical (unpaired) electrons. The highest BCUT2D eigenvalue weighted by Crippen LogP contribution is 2.20. The first-order valence-electron chi connectivity index (χ1n) is 10.1. The maximum Gasteiger partial charge on any atom is 0.256 e. The van der Waals surface area contributed by atoms with Crippen LogP contribution in [0.15, 0.2) is 71.8 Å². The number of sulfonamides is 1. The van der Waals surface area contributed by atoms with Gasteiger partial charge >= 0.3 is 0 Å². The molecule has 10 heteroatoms. The first kappa shape index (κ1) is 21.7. The molecule has 1 fully saturated rings. The Hall–Kier alpha value is -3.50. The van der Waals surface area contributed by atoms with Crippen LogP contribution in [-0.2, 0) is 14.8 Å². The Kier molecular flexibility index (Phi) is 6.06. The molecular formula is C22H23N5O4S. The van der Waals surface area contributed by atoms with Crippen LogP contribution in [0, 0.1) is 0 Å². The van der Waals surface area contributed by atoms with Crippen LogP contribution in [0.3, 0.4) is 0 Å². The van der Waals surface area contributed by atoms with E-state index in [0.29, 0.717) is 18.9 Å². The van der Waals surface area contributed by atoms with Crippen molar-refractivity contribution < 1.29 is 18.0 Å². The predicted molar refractivity (Wildman–Crippen MR) is 119 cm³/mol. The van der Waals surface area contributed by atoms with Gasteiger partial charge < -0.3 is 10.2 Å². The van der Waals surface area contributed by atoms with Gasteiger partial charge in [0.15, 0.2) is 5.82 Å². The number of carbonyl (C=O) groups excluding carboxylic acids is 2. The van der Waals surface area contributed by atoms with E-state index < -0.39 is 15.9 Å². The van der Waals surface area contributed by atoms with Gasteiger partial charge in [0.25, 0.3) is 5.91 Å². The number of nitrogens with zero attached hydrogens (tertiary/aromatic N) is 4. The number of rotatable bonds is 5. The van der Waals surface area contributed by atoms with E-state index in [0.717, 1.165) is 5.69 Å². The summed E-state index contributed by atoms with van der Waals surface area (Å²) < 4.78 is 29.0. The molecular weight excluding hydrogens is 430 g/mol. The number of para-hydroxylation sites is 1. The number of aromatic nitrogens is 2. The van der Waals surface area contributed by atoms with E-state index in [1.807, 2.05) is 30.3 Å². The highest BCUT2D eigenvalue weighted by Gasteiger charge is 2.29. The van der Waals surface area contributed by atoms with Gasteiger partial charge in [0, 0.05) is 50.9 Å². The van der Waals surface area contributed by atoms with Crippen molar-refractivity contribution in [3.05, 3.63) is 72.4 Å². The van der Waals surface area contributed by atoms with Gasteiger partial charge in [-0.15, -0.1) is 0 Å². The van der Waals surface area contributed by atoms with Crippen molar-refractivity contribution in [1.29, 1.82) is 0 Å². The average molecular weight is 454 g/mol. The summed E-state index contributed by atoms with van der Waals surface area (Å²) >= 11 is 0. The third kappa shape index (κ3) is 4.56. The first-order valence-corrected chi connectivity index (χ1v) is 11.6. The van der Waals surface area contributed by atoms with E-state index >= 15 is 0 Å². The molecule has 0 spiro atoms. The van der Waals surface area contributed by atoms with Crippen molar-refractivity contribution in [2.24, 2.45) is 0 Å². The number of hydrogen-bond acceptors (Lipinski definition) is 5. The lowest BCUT2D eigenvalue weighted by Gasteiger charge is -2.33. The lowest BCUT2D eigenvalue weighted by molar-refractivity contribution is -0.129. The number of nitrogens with one attached hydrogen (secondary N) is 1. The highest BCUT2D eigenvalue weighted by atomic mass is 32.2. The number of piperazine rings is 1. The molecule has 0 saturated carbocycles. The molecule has 1 aromatic heterocycles. The number of benzene rings is 2. The summed E-state index contributed by atoms with van der Waals surface area (Å²) in [6, 6.07) is 17.0. The molecule has 2 aromatic carbocycles. The van der Waals surface area contributed by atoms with Crippen molar-refractivity contribution >= 4 is 27.7 Å². The Morgan fingerprint density at radius 3 is 2.34 bits per heavy atom. The molecule has 166 valence electrons. The van der Waals surface area contributed by atoms with Gasteiger partial charge in [-0.3, -0.25) is 9.59 Å². The molecule has 32 heavy (non-hydrogen) atoms. The molecule has 9 nitrogen and oxygen atoms in total. The Bertz CT molecular complexity index is 1230. The van der Waals surface area contributed by atoms with Crippen molar-refractivity contribution in [3.63, 3.8) is 0 Å². The van der Waals surface area contributed by atoms with Crippen LogP contribution >= 0.6 is 0 Å². The average Bonchev–Trinajstić information content (AvgIpc) is 3.28. The van der Waals surface area contributed by atoms with E-state index in [-0.39, 0.29) is 29.5 Å².